The smallest absolute Gasteiger partial charge is 0.229 e. The predicted octanol–water partition coefficient (Wildman–Crippen LogP) is 3.19. The van der Waals surface area contributed by atoms with Crippen LogP contribution in [0.5, 0.6) is 0 Å². The molecule has 0 unspecified atom stereocenters. The Morgan fingerprint density at radius 2 is 1.63 bits per heavy atom. The van der Waals surface area contributed by atoms with Gasteiger partial charge in [0.25, 0.3) is 0 Å². The van der Waals surface area contributed by atoms with Crippen LogP contribution in [0.2, 0.25) is 0 Å². The Morgan fingerprint density at radius 3 is 2.23 bits per heavy atom. The standard InChI is InChI=1S/C25H37N3O2/c1-20(2)18-27-13-9-24(10-14-27)19-25(26(3)23(24)30)11-15-28(16-12-25)22(29)17-21-7-5-4-6-8-21/h4-8,20H,9-19H2,1-3H3. The molecule has 3 aliphatic heterocycles. The summed E-state index contributed by atoms with van der Waals surface area (Å²) in [4.78, 5) is 32.8. The number of rotatable bonds is 4. The molecule has 0 aliphatic carbocycles. The summed E-state index contributed by atoms with van der Waals surface area (Å²) in [6, 6.07) is 9.98. The topological polar surface area (TPSA) is 43.9 Å². The van der Waals surface area contributed by atoms with Crippen molar-refractivity contribution in [2.45, 2.75) is 57.9 Å². The number of amides is 2. The van der Waals surface area contributed by atoms with Gasteiger partial charge >= 0.3 is 0 Å². The molecular weight excluding hydrogens is 374 g/mol. The molecule has 3 aliphatic rings. The molecule has 1 aromatic rings. The molecule has 3 fully saturated rings. The summed E-state index contributed by atoms with van der Waals surface area (Å²) in [5.41, 5.74) is 0.849. The number of hydrogen-bond acceptors (Lipinski definition) is 3. The second-order valence-corrected chi connectivity index (χ2v) is 10.3. The molecule has 5 nitrogen and oxygen atoms in total. The van der Waals surface area contributed by atoms with E-state index in [1.165, 1.54) is 0 Å². The summed E-state index contributed by atoms with van der Waals surface area (Å²) in [5, 5.41) is 0. The van der Waals surface area contributed by atoms with Crippen LogP contribution in [0.15, 0.2) is 30.3 Å². The van der Waals surface area contributed by atoms with Gasteiger partial charge in [0.15, 0.2) is 0 Å². The van der Waals surface area contributed by atoms with Gasteiger partial charge in [-0.05, 0) is 56.7 Å². The van der Waals surface area contributed by atoms with E-state index in [0.29, 0.717) is 18.2 Å². The average Bonchev–Trinajstić information content (AvgIpc) is 2.93. The van der Waals surface area contributed by atoms with Crippen molar-refractivity contribution < 1.29 is 9.59 Å². The van der Waals surface area contributed by atoms with E-state index in [4.69, 9.17) is 0 Å². The molecule has 5 heteroatoms. The van der Waals surface area contributed by atoms with E-state index in [9.17, 15) is 9.59 Å². The highest BCUT2D eigenvalue weighted by molar-refractivity contribution is 5.86. The van der Waals surface area contributed by atoms with Crippen LogP contribution < -0.4 is 0 Å². The van der Waals surface area contributed by atoms with Crippen molar-refractivity contribution in [1.82, 2.24) is 14.7 Å². The van der Waals surface area contributed by atoms with E-state index < -0.39 is 0 Å². The number of hydrogen-bond donors (Lipinski definition) is 0. The maximum atomic E-state index is 13.4. The van der Waals surface area contributed by atoms with E-state index in [1.807, 2.05) is 42.3 Å². The molecule has 2 spiro atoms. The number of nitrogens with zero attached hydrogens (tertiary/aromatic N) is 3. The summed E-state index contributed by atoms with van der Waals surface area (Å²) < 4.78 is 0. The van der Waals surface area contributed by atoms with Gasteiger partial charge in [0.2, 0.25) is 11.8 Å². The highest BCUT2D eigenvalue weighted by Gasteiger charge is 2.58. The Labute approximate surface area is 181 Å². The Hall–Kier alpha value is -1.88. The van der Waals surface area contributed by atoms with Crippen molar-refractivity contribution in [3.05, 3.63) is 35.9 Å². The third kappa shape index (κ3) is 4.01. The molecule has 0 atom stereocenters. The zero-order valence-electron chi connectivity index (χ0n) is 18.9. The van der Waals surface area contributed by atoms with Crippen LogP contribution in [0.1, 0.15) is 51.5 Å². The average molecular weight is 412 g/mol. The molecule has 0 bridgehead atoms. The summed E-state index contributed by atoms with van der Waals surface area (Å²) in [6.07, 6.45) is 5.24. The maximum absolute atomic E-state index is 13.4. The molecule has 0 radical (unpaired) electrons. The van der Waals surface area contributed by atoms with Gasteiger partial charge in [-0.2, -0.15) is 0 Å². The van der Waals surface area contributed by atoms with Crippen molar-refractivity contribution >= 4 is 11.8 Å². The van der Waals surface area contributed by atoms with E-state index in [0.717, 1.165) is 70.4 Å². The monoisotopic (exact) mass is 411 g/mol. The van der Waals surface area contributed by atoms with Crippen molar-refractivity contribution in [3.63, 3.8) is 0 Å². The molecule has 30 heavy (non-hydrogen) atoms. The zero-order valence-corrected chi connectivity index (χ0v) is 18.9. The summed E-state index contributed by atoms with van der Waals surface area (Å²) >= 11 is 0. The summed E-state index contributed by atoms with van der Waals surface area (Å²) in [7, 11) is 2.01. The molecular formula is C25H37N3O2. The summed E-state index contributed by atoms with van der Waals surface area (Å²) in [5.74, 6) is 1.24. The number of benzene rings is 1. The van der Waals surface area contributed by atoms with Crippen LogP contribution >= 0.6 is 0 Å². The maximum Gasteiger partial charge on any atom is 0.229 e. The molecule has 3 saturated heterocycles. The third-order valence-corrected chi connectivity index (χ3v) is 7.82. The lowest BCUT2D eigenvalue weighted by Crippen LogP contribution is -2.53. The lowest BCUT2D eigenvalue weighted by molar-refractivity contribution is -0.140. The quantitative estimate of drug-likeness (QED) is 0.764. The van der Waals surface area contributed by atoms with Gasteiger partial charge in [0.05, 0.1) is 11.8 Å². The largest absolute Gasteiger partial charge is 0.342 e. The predicted molar refractivity (Wildman–Crippen MR) is 119 cm³/mol. The highest BCUT2D eigenvalue weighted by Crippen LogP contribution is 2.52. The SMILES string of the molecule is CC(C)CN1CCC2(CC1)CC1(CCN(C(=O)Cc3ccccc3)CC1)N(C)C2=O. The number of piperidine rings is 2. The van der Waals surface area contributed by atoms with Crippen molar-refractivity contribution in [1.29, 1.82) is 0 Å². The minimum absolute atomic E-state index is 0.0547. The molecule has 164 valence electrons. The third-order valence-electron chi connectivity index (χ3n) is 7.82. The first-order valence-electron chi connectivity index (χ1n) is 11.7. The van der Waals surface area contributed by atoms with Gasteiger partial charge < -0.3 is 14.7 Å². The number of likely N-dealkylation sites (tertiary alicyclic amines) is 3. The first-order chi connectivity index (χ1) is 14.3. The molecule has 3 heterocycles. The normalized spacial score (nSPS) is 23.7. The van der Waals surface area contributed by atoms with E-state index in [2.05, 4.69) is 23.6 Å². The van der Waals surface area contributed by atoms with Crippen molar-refractivity contribution in [2.24, 2.45) is 11.3 Å². The molecule has 2 amide bonds. The first kappa shape index (κ1) is 21.4. The van der Waals surface area contributed by atoms with Gasteiger partial charge in [0.1, 0.15) is 0 Å². The fourth-order valence-electron chi connectivity index (χ4n) is 6.03. The Balaban J connectivity index is 1.37. The fraction of sp³-hybridized carbons (Fsp3) is 0.680. The van der Waals surface area contributed by atoms with Gasteiger partial charge in [0, 0.05) is 32.2 Å². The van der Waals surface area contributed by atoms with Crippen LogP contribution in [-0.4, -0.2) is 71.8 Å². The van der Waals surface area contributed by atoms with Gasteiger partial charge in [-0.15, -0.1) is 0 Å². The van der Waals surface area contributed by atoms with Crippen LogP contribution in [-0.2, 0) is 16.0 Å². The van der Waals surface area contributed by atoms with Gasteiger partial charge in [-0.1, -0.05) is 44.2 Å². The molecule has 0 aromatic heterocycles. The van der Waals surface area contributed by atoms with E-state index >= 15 is 0 Å². The van der Waals surface area contributed by atoms with Crippen LogP contribution in [0.4, 0.5) is 0 Å². The molecule has 0 N–H and O–H groups in total. The first-order valence-corrected chi connectivity index (χ1v) is 11.7. The van der Waals surface area contributed by atoms with Gasteiger partial charge in [-0.3, -0.25) is 9.59 Å². The Bertz CT molecular complexity index is 760. The Morgan fingerprint density at radius 1 is 1.00 bits per heavy atom. The van der Waals surface area contributed by atoms with Gasteiger partial charge in [-0.25, -0.2) is 0 Å². The minimum Gasteiger partial charge on any atom is -0.342 e. The Kier molecular flexibility index (Phi) is 5.93. The lowest BCUT2D eigenvalue weighted by Gasteiger charge is -2.44. The molecule has 0 saturated carbocycles. The van der Waals surface area contributed by atoms with Crippen molar-refractivity contribution in [2.75, 3.05) is 39.8 Å². The van der Waals surface area contributed by atoms with E-state index in [-0.39, 0.29) is 16.9 Å². The van der Waals surface area contributed by atoms with Crippen LogP contribution in [0, 0.1) is 11.3 Å². The highest BCUT2D eigenvalue weighted by atomic mass is 16.2. The summed E-state index contributed by atoms with van der Waals surface area (Å²) in [6.45, 7) is 9.26. The van der Waals surface area contributed by atoms with Crippen LogP contribution in [0.3, 0.4) is 0 Å². The minimum atomic E-state index is -0.168. The lowest BCUT2D eigenvalue weighted by atomic mass is 9.71. The molecule has 1 aromatic carbocycles. The number of carbonyl (C=O) groups is 2. The number of carbonyl (C=O) groups excluding carboxylic acids is 2. The fourth-order valence-corrected chi connectivity index (χ4v) is 6.03. The van der Waals surface area contributed by atoms with E-state index in [1.54, 1.807) is 0 Å². The second-order valence-electron chi connectivity index (χ2n) is 10.3. The van der Waals surface area contributed by atoms with Crippen LogP contribution in [0.25, 0.3) is 0 Å². The zero-order chi connectivity index (χ0) is 21.4. The molecule has 4 rings (SSSR count). The second kappa shape index (κ2) is 8.33. The van der Waals surface area contributed by atoms with Crippen molar-refractivity contribution in [3.8, 4) is 0 Å².